The fourth-order valence-corrected chi connectivity index (χ4v) is 3.27. The summed E-state index contributed by atoms with van der Waals surface area (Å²) < 4.78 is 40.3. The SMILES string of the molecule is C=C(NCC(=O)/C=C\n1cnc(-c2cc(C)cc(C(F)(F)F)c2)n1)C1CCCNC1. The molecule has 1 aliphatic heterocycles. The highest BCUT2D eigenvalue weighted by Crippen LogP contribution is 2.32. The van der Waals surface area contributed by atoms with Crippen LogP contribution in [0.2, 0.25) is 0 Å². The molecule has 1 unspecified atom stereocenters. The third kappa shape index (κ3) is 5.79. The molecule has 2 aromatic rings. The van der Waals surface area contributed by atoms with Crippen molar-refractivity contribution in [3.05, 3.63) is 54.0 Å². The van der Waals surface area contributed by atoms with Crippen molar-refractivity contribution in [3.63, 3.8) is 0 Å². The van der Waals surface area contributed by atoms with Gasteiger partial charge in [-0.15, -0.1) is 5.10 Å². The van der Waals surface area contributed by atoms with Gasteiger partial charge in [0.2, 0.25) is 0 Å². The number of nitrogens with one attached hydrogen (secondary N) is 2. The van der Waals surface area contributed by atoms with Gasteiger partial charge in [-0.2, -0.15) is 13.2 Å². The van der Waals surface area contributed by atoms with Crippen molar-refractivity contribution in [2.45, 2.75) is 25.9 Å². The van der Waals surface area contributed by atoms with E-state index in [2.05, 4.69) is 27.3 Å². The van der Waals surface area contributed by atoms with Gasteiger partial charge in [0, 0.05) is 36.0 Å². The zero-order chi connectivity index (χ0) is 21.7. The molecule has 2 N–H and O–H groups in total. The van der Waals surface area contributed by atoms with Gasteiger partial charge in [-0.05, 0) is 50.1 Å². The number of aromatic nitrogens is 3. The van der Waals surface area contributed by atoms with E-state index >= 15 is 0 Å². The Morgan fingerprint density at radius 3 is 2.90 bits per heavy atom. The number of nitrogens with zero attached hydrogens (tertiary/aromatic N) is 3. The molecule has 0 aliphatic carbocycles. The van der Waals surface area contributed by atoms with Crippen LogP contribution < -0.4 is 10.6 Å². The van der Waals surface area contributed by atoms with Crippen LogP contribution in [0.15, 0.2) is 42.9 Å². The Balaban J connectivity index is 1.60. The third-order valence-corrected chi connectivity index (χ3v) is 4.86. The molecular formula is C21H24F3N5O. The number of carbonyl (C=O) groups excluding carboxylic acids is 1. The number of benzene rings is 1. The average Bonchev–Trinajstić information content (AvgIpc) is 3.19. The van der Waals surface area contributed by atoms with E-state index in [9.17, 15) is 18.0 Å². The molecule has 2 heterocycles. The lowest BCUT2D eigenvalue weighted by Crippen LogP contribution is -2.35. The second-order valence-corrected chi connectivity index (χ2v) is 7.34. The normalized spacial score (nSPS) is 17.3. The van der Waals surface area contributed by atoms with E-state index in [1.165, 1.54) is 23.3 Å². The van der Waals surface area contributed by atoms with E-state index in [4.69, 9.17) is 0 Å². The highest BCUT2D eigenvalue weighted by molar-refractivity contribution is 5.93. The first kappa shape index (κ1) is 21.8. The molecule has 6 nitrogen and oxygen atoms in total. The Morgan fingerprint density at radius 2 is 2.20 bits per heavy atom. The van der Waals surface area contributed by atoms with E-state index in [0.29, 0.717) is 11.5 Å². The first-order valence-corrected chi connectivity index (χ1v) is 9.67. The van der Waals surface area contributed by atoms with Gasteiger partial charge >= 0.3 is 6.18 Å². The van der Waals surface area contributed by atoms with Crippen LogP contribution in [0.5, 0.6) is 0 Å². The summed E-state index contributed by atoms with van der Waals surface area (Å²) in [6.45, 7) is 7.55. The van der Waals surface area contributed by atoms with Gasteiger partial charge < -0.3 is 10.6 Å². The Morgan fingerprint density at radius 1 is 1.40 bits per heavy atom. The molecule has 1 aliphatic rings. The van der Waals surface area contributed by atoms with Gasteiger partial charge in [0.25, 0.3) is 0 Å². The van der Waals surface area contributed by atoms with Gasteiger partial charge in [-0.3, -0.25) is 4.79 Å². The first-order chi connectivity index (χ1) is 14.2. The highest BCUT2D eigenvalue weighted by atomic mass is 19.4. The number of hydrogen-bond acceptors (Lipinski definition) is 5. The molecule has 3 rings (SSSR count). The summed E-state index contributed by atoms with van der Waals surface area (Å²) >= 11 is 0. The summed E-state index contributed by atoms with van der Waals surface area (Å²) in [4.78, 5) is 16.1. The summed E-state index contributed by atoms with van der Waals surface area (Å²) in [7, 11) is 0. The topological polar surface area (TPSA) is 71.8 Å². The molecule has 1 aromatic heterocycles. The molecule has 1 saturated heterocycles. The van der Waals surface area contributed by atoms with Crippen molar-refractivity contribution in [1.29, 1.82) is 0 Å². The number of aryl methyl sites for hydroxylation is 1. The van der Waals surface area contributed by atoms with Crippen molar-refractivity contribution in [2.24, 2.45) is 5.92 Å². The molecule has 1 atom stereocenters. The van der Waals surface area contributed by atoms with Crippen LogP contribution in [0.4, 0.5) is 13.2 Å². The number of carbonyl (C=O) groups is 1. The van der Waals surface area contributed by atoms with E-state index in [-0.39, 0.29) is 23.7 Å². The summed E-state index contributed by atoms with van der Waals surface area (Å²) in [5.74, 6) is 0.286. The molecule has 9 heteroatoms. The summed E-state index contributed by atoms with van der Waals surface area (Å²) in [5, 5.41) is 10.5. The fraction of sp³-hybridized carbons (Fsp3) is 0.381. The van der Waals surface area contributed by atoms with Crippen molar-refractivity contribution >= 4 is 12.0 Å². The van der Waals surface area contributed by atoms with Gasteiger partial charge in [-0.25, -0.2) is 9.67 Å². The molecule has 0 amide bonds. The van der Waals surface area contributed by atoms with Gasteiger partial charge in [-0.1, -0.05) is 6.58 Å². The summed E-state index contributed by atoms with van der Waals surface area (Å²) in [6, 6.07) is 3.67. The molecule has 0 bridgehead atoms. The monoisotopic (exact) mass is 419 g/mol. The minimum Gasteiger partial charge on any atom is -0.381 e. The Hall–Kier alpha value is -2.94. The van der Waals surface area contributed by atoms with Crippen LogP contribution in [0.25, 0.3) is 17.6 Å². The molecule has 1 aromatic carbocycles. The molecule has 1 fully saturated rings. The maximum Gasteiger partial charge on any atom is 0.416 e. The van der Waals surface area contributed by atoms with Gasteiger partial charge in [0.05, 0.1) is 12.1 Å². The summed E-state index contributed by atoms with van der Waals surface area (Å²) in [5.41, 5.74) is 0.812. The largest absolute Gasteiger partial charge is 0.416 e. The van der Waals surface area contributed by atoms with Gasteiger partial charge in [0.1, 0.15) is 6.33 Å². The standard InChI is InChI=1S/C21H24F3N5O/c1-14-8-17(10-18(9-14)21(22,23)24)20-27-13-29(28-20)7-5-19(30)12-26-15(2)16-4-3-6-25-11-16/h5,7-10,13,16,25-26H,2-4,6,11-12H2,1H3/b7-5-. The molecule has 160 valence electrons. The lowest BCUT2D eigenvalue weighted by molar-refractivity contribution is -0.137. The van der Waals surface area contributed by atoms with E-state index in [1.54, 1.807) is 13.0 Å². The predicted molar refractivity (Wildman–Crippen MR) is 108 cm³/mol. The van der Waals surface area contributed by atoms with Crippen LogP contribution in [0, 0.1) is 12.8 Å². The number of rotatable bonds is 7. The molecule has 0 radical (unpaired) electrons. The lowest BCUT2D eigenvalue weighted by Gasteiger charge is -2.25. The van der Waals surface area contributed by atoms with Crippen molar-refractivity contribution in [1.82, 2.24) is 25.4 Å². The molecular weight excluding hydrogens is 395 g/mol. The lowest BCUT2D eigenvalue weighted by atomic mass is 9.97. The van der Waals surface area contributed by atoms with E-state index < -0.39 is 11.7 Å². The number of hydrogen-bond donors (Lipinski definition) is 2. The predicted octanol–water partition coefficient (Wildman–Crippen LogP) is 3.42. The molecule has 30 heavy (non-hydrogen) atoms. The van der Waals surface area contributed by atoms with Crippen molar-refractivity contribution < 1.29 is 18.0 Å². The molecule has 0 spiro atoms. The maximum atomic E-state index is 13.0. The van der Waals surface area contributed by atoms with Crippen LogP contribution in [-0.4, -0.2) is 40.2 Å². The second kappa shape index (κ2) is 9.25. The number of piperidine rings is 1. The number of halogens is 3. The number of alkyl halides is 3. The maximum absolute atomic E-state index is 13.0. The highest BCUT2D eigenvalue weighted by Gasteiger charge is 2.31. The van der Waals surface area contributed by atoms with E-state index in [0.717, 1.165) is 43.8 Å². The Labute approximate surface area is 172 Å². The smallest absolute Gasteiger partial charge is 0.381 e. The zero-order valence-corrected chi connectivity index (χ0v) is 16.7. The number of ketones is 1. The van der Waals surface area contributed by atoms with Crippen LogP contribution in [-0.2, 0) is 11.0 Å². The van der Waals surface area contributed by atoms with E-state index in [1.807, 2.05) is 0 Å². The fourth-order valence-electron chi connectivity index (χ4n) is 3.27. The third-order valence-electron chi connectivity index (χ3n) is 4.86. The Bertz CT molecular complexity index is 942. The minimum absolute atomic E-state index is 0.111. The molecule has 0 saturated carbocycles. The first-order valence-electron chi connectivity index (χ1n) is 9.67. The quantitative estimate of drug-likeness (QED) is 0.673. The second-order valence-electron chi connectivity index (χ2n) is 7.34. The average molecular weight is 419 g/mol. The van der Waals surface area contributed by atoms with Gasteiger partial charge in [0.15, 0.2) is 11.6 Å². The van der Waals surface area contributed by atoms with Crippen LogP contribution in [0.3, 0.4) is 0 Å². The van der Waals surface area contributed by atoms with Crippen LogP contribution >= 0.6 is 0 Å². The summed E-state index contributed by atoms with van der Waals surface area (Å²) in [6.07, 6.45) is 1.79. The van der Waals surface area contributed by atoms with Crippen molar-refractivity contribution in [3.8, 4) is 11.4 Å². The zero-order valence-electron chi connectivity index (χ0n) is 16.7. The van der Waals surface area contributed by atoms with Crippen LogP contribution in [0.1, 0.15) is 24.0 Å². The Kier molecular flexibility index (Phi) is 6.71. The van der Waals surface area contributed by atoms with Crippen molar-refractivity contribution in [2.75, 3.05) is 19.6 Å². The minimum atomic E-state index is -4.44.